The van der Waals surface area contributed by atoms with E-state index in [2.05, 4.69) is 36.9 Å². The van der Waals surface area contributed by atoms with Gasteiger partial charge < -0.3 is 5.11 Å². The molecule has 12 heavy (non-hydrogen) atoms. The Bertz CT molecular complexity index is 335. The second-order valence-corrected chi connectivity index (χ2v) is 3.67. The van der Waals surface area contributed by atoms with Crippen molar-refractivity contribution >= 4 is 43.6 Å². The van der Waals surface area contributed by atoms with Gasteiger partial charge in [-0.3, -0.25) is 0 Å². The third-order valence-corrected chi connectivity index (χ3v) is 2.39. The van der Waals surface area contributed by atoms with Crippen LogP contribution in [-0.2, 0) is 4.79 Å². The normalized spacial score (nSPS) is 9.17. The lowest BCUT2D eigenvalue weighted by Crippen LogP contribution is -1.72. The molecule has 0 radical (unpaired) electrons. The third kappa shape index (κ3) is 1.94. The first kappa shape index (κ1) is 9.45. The molecule has 0 saturated heterocycles. The fourth-order valence-electron chi connectivity index (χ4n) is 0.669. The molecule has 0 spiro atoms. The molecule has 1 aromatic carbocycles. The lowest BCUT2D eigenvalue weighted by molar-refractivity contribution is 0.468. The summed E-state index contributed by atoms with van der Waals surface area (Å²) in [7, 11) is 0. The number of phenols is 1. The van der Waals surface area contributed by atoms with Crippen LogP contribution in [0.1, 0.15) is 0 Å². The molecule has 1 rings (SSSR count). The average molecular weight is 293 g/mol. The van der Waals surface area contributed by atoms with Gasteiger partial charge >= 0.3 is 0 Å². The molecular weight excluding hydrogens is 290 g/mol. The standard InChI is InChI=1S/C7H3Br2NO2/c8-5-1-4(10-3-11)2-6(9)7(5)12/h1-2,12H. The molecule has 5 heteroatoms. The minimum atomic E-state index is 0.0832. The SMILES string of the molecule is O=C=Nc1cc(Br)c(O)c(Br)c1. The van der Waals surface area contributed by atoms with Crippen LogP contribution in [0, 0.1) is 0 Å². The van der Waals surface area contributed by atoms with Crippen LogP contribution >= 0.6 is 31.9 Å². The van der Waals surface area contributed by atoms with Crippen molar-refractivity contribution in [2.75, 3.05) is 0 Å². The number of rotatable bonds is 1. The summed E-state index contributed by atoms with van der Waals surface area (Å²) in [6.45, 7) is 0. The number of nitrogens with zero attached hydrogens (tertiary/aromatic N) is 1. The van der Waals surface area contributed by atoms with Gasteiger partial charge in [-0.2, -0.15) is 4.99 Å². The predicted octanol–water partition coefficient (Wildman–Crippen LogP) is 2.88. The molecule has 0 aromatic heterocycles. The summed E-state index contributed by atoms with van der Waals surface area (Å²) in [6, 6.07) is 3.04. The highest BCUT2D eigenvalue weighted by Crippen LogP contribution is 2.35. The van der Waals surface area contributed by atoms with Crippen molar-refractivity contribution in [3.63, 3.8) is 0 Å². The Kier molecular flexibility index (Phi) is 3.03. The average Bonchev–Trinajstić information content (AvgIpc) is 2.01. The Morgan fingerprint density at radius 2 is 1.83 bits per heavy atom. The van der Waals surface area contributed by atoms with Crippen LogP contribution in [0.3, 0.4) is 0 Å². The Morgan fingerprint density at radius 3 is 2.25 bits per heavy atom. The first-order valence-electron chi connectivity index (χ1n) is 2.91. The minimum Gasteiger partial charge on any atom is -0.506 e. The molecule has 1 aromatic rings. The molecule has 1 N–H and O–H groups in total. The summed E-state index contributed by atoms with van der Waals surface area (Å²) in [5.41, 5.74) is 0.432. The van der Waals surface area contributed by atoms with Crippen LogP contribution in [0.2, 0.25) is 0 Å². The van der Waals surface area contributed by atoms with Crippen molar-refractivity contribution in [2.45, 2.75) is 0 Å². The van der Waals surface area contributed by atoms with Gasteiger partial charge in [-0.25, -0.2) is 4.79 Å². The van der Waals surface area contributed by atoms with E-state index < -0.39 is 0 Å². The van der Waals surface area contributed by atoms with E-state index in [1.807, 2.05) is 0 Å². The van der Waals surface area contributed by atoms with Crippen LogP contribution in [-0.4, -0.2) is 11.2 Å². The van der Waals surface area contributed by atoms with Crippen LogP contribution in [0.4, 0.5) is 5.69 Å². The number of hydrogen-bond acceptors (Lipinski definition) is 3. The van der Waals surface area contributed by atoms with E-state index in [1.54, 1.807) is 0 Å². The number of hydrogen-bond donors (Lipinski definition) is 1. The summed E-state index contributed by atoms with van der Waals surface area (Å²) in [5.74, 6) is 0.0832. The van der Waals surface area contributed by atoms with Crippen LogP contribution in [0.15, 0.2) is 26.1 Å². The fourth-order valence-corrected chi connectivity index (χ4v) is 1.83. The van der Waals surface area contributed by atoms with Gasteiger partial charge in [-0.05, 0) is 44.0 Å². The van der Waals surface area contributed by atoms with Crippen LogP contribution in [0.25, 0.3) is 0 Å². The highest BCUT2D eigenvalue weighted by molar-refractivity contribution is 9.11. The van der Waals surface area contributed by atoms with Gasteiger partial charge in [0.15, 0.2) is 0 Å². The van der Waals surface area contributed by atoms with Gasteiger partial charge in [0.2, 0.25) is 6.08 Å². The van der Waals surface area contributed by atoms with Gasteiger partial charge in [0.1, 0.15) is 5.75 Å². The van der Waals surface area contributed by atoms with Crippen molar-refractivity contribution in [1.82, 2.24) is 0 Å². The first-order valence-corrected chi connectivity index (χ1v) is 4.49. The second kappa shape index (κ2) is 3.85. The van der Waals surface area contributed by atoms with E-state index in [-0.39, 0.29) is 5.75 Å². The molecule has 62 valence electrons. The summed E-state index contributed by atoms with van der Waals surface area (Å²) >= 11 is 6.19. The number of isocyanates is 1. The molecular formula is C7H3Br2NO2. The molecule has 0 atom stereocenters. The Hall–Kier alpha value is -0.640. The highest BCUT2D eigenvalue weighted by Gasteiger charge is 2.04. The van der Waals surface area contributed by atoms with E-state index in [0.29, 0.717) is 14.6 Å². The minimum absolute atomic E-state index is 0.0832. The molecule has 3 nitrogen and oxygen atoms in total. The van der Waals surface area contributed by atoms with Gasteiger partial charge in [0.05, 0.1) is 14.6 Å². The highest BCUT2D eigenvalue weighted by atomic mass is 79.9. The number of phenolic OH excluding ortho intramolecular Hbond substituents is 1. The summed E-state index contributed by atoms with van der Waals surface area (Å²) < 4.78 is 0.955. The molecule has 0 saturated carbocycles. The number of carbonyl (C=O) groups excluding carboxylic acids is 1. The van der Waals surface area contributed by atoms with Crippen molar-refractivity contribution < 1.29 is 9.90 Å². The predicted molar refractivity (Wildman–Crippen MR) is 51.3 cm³/mol. The van der Waals surface area contributed by atoms with Crippen LogP contribution in [0.5, 0.6) is 5.75 Å². The zero-order valence-electron chi connectivity index (χ0n) is 5.71. The van der Waals surface area contributed by atoms with Crippen LogP contribution < -0.4 is 0 Å². The quantitative estimate of drug-likeness (QED) is 0.639. The van der Waals surface area contributed by atoms with Crippen molar-refractivity contribution in [3.8, 4) is 5.75 Å². The molecule has 0 heterocycles. The first-order chi connectivity index (χ1) is 5.65. The number of halogens is 2. The lowest BCUT2D eigenvalue weighted by atomic mass is 10.3. The largest absolute Gasteiger partial charge is 0.506 e. The maximum absolute atomic E-state index is 9.90. The van der Waals surface area contributed by atoms with E-state index in [9.17, 15) is 9.90 Å². The Labute approximate surface area is 85.4 Å². The molecule has 0 aliphatic heterocycles. The van der Waals surface area contributed by atoms with Gasteiger partial charge in [0, 0.05) is 0 Å². The molecule has 0 aliphatic carbocycles. The zero-order valence-corrected chi connectivity index (χ0v) is 8.89. The molecule has 0 bridgehead atoms. The lowest BCUT2D eigenvalue weighted by Gasteiger charge is -1.99. The summed E-state index contributed by atoms with van der Waals surface area (Å²) in [6.07, 6.45) is 1.41. The molecule has 0 fully saturated rings. The Balaban J connectivity index is 3.30. The second-order valence-electron chi connectivity index (χ2n) is 1.96. The number of aromatic hydroxyl groups is 1. The van der Waals surface area contributed by atoms with E-state index in [0.717, 1.165) is 0 Å². The van der Waals surface area contributed by atoms with E-state index in [4.69, 9.17) is 0 Å². The van der Waals surface area contributed by atoms with Gasteiger partial charge in [0.25, 0.3) is 0 Å². The fraction of sp³-hybridized carbons (Fsp3) is 0. The van der Waals surface area contributed by atoms with Crippen molar-refractivity contribution in [1.29, 1.82) is 0 Å². The third-order valence-electron chi connectivity index (χ3n) is 1.18. The van der Waals surface area contributed by atoms with Crippen molar-refractivity contribution in [2.24, 2.45) is 4.99 Å². The maximum Gasteiger partial charge on any atom is 0.240 e. The smallest absolute Gasteiger partial charge is 0.240 e. The topological polar surface area (TPSA) is 49.7 Å². The van der Waals surface area contributed by atoms with Gasteiger partial charge in [-0.1, -0.05) is 0 Å². The molecule has 0 aliphatic rings. The number of aliphatic imine (C=N–C) groups is 1. The molecule has 0 amide bonds. The Morgan fingerprint density at radius 1 is 1.33 bits per heavy atom. The summed E-state index contributed by atoms with van der Waals surface area (Å²) in [4.78, 5) is 13.3. The van der Waals surface area contributed by atoms with E-state index >= 15 is 0 Å². The van der Waals surface area contributed by atoms with Crippen molar-refractivity contribution in [3.05, 3.63) is 21.1 Å². The zero-order chi connectivity index (χ0) is 9.14. The van der Waals surface area contributed by atoms with Gasteiger partial charge in [-0.15, -0.1) is 0 Å². The monoisotopic (exact) mass is 291 g/mol. The molecule has 0 unspecified atom stereocenters. The maximum atomic E-state index is 9.90. The number of benzene rings is 1. The summed E-state index contributed by atoms with van der Waals surface area (Å²) in [5, 5.41) is 9.27. The van der Waals surface area contributed by atoms with E-state index in [1.165, 1.54) is 18.2 Å².